The summed E-state index contributed by atoms with van der Waals surface area (Å²) in [6, 6.07) is 0. The molecule has 1 saturated heterocycles. The van der Waals surface area contributed by atoms with E-state index in [0.717, 1.165) is 64.5 Å². The molecule has 3 rings (SSSR count). The van der Waals surface area contributed by atoms with Crippen LogP contribution < -0.4 is 11.2 Å². The third-order valence-corrected chi connectivity index (χ3v) is 6.43. The molecule has 2 aromatic rings. The zero-order chi connectivity index (χ0) is 22.2. The van der Waals surface area contributed by atoms with Crippen molar-refractivity contribution in [3.63, 3.8) is 0 Å². The molecule has 0 radical (unpaired) electrons. The molecule has 0 aromatic carbocycles. The number of unbranched alkanes of at least 4 members (excludes halogenated alkanes) is 7. The Hall–Kier alpha value is -2.38. The lowest BCUT2D eigenvalue weighted by atomic mass is 10.1. The molecule has 1 aliphatic heterocycles. The molecule has 8 nitrogen and oxygen atoms in total. The fraction of sp³-hybridized carbons (Fsp3) is 0.739. The molecule has 1 aliphatic rings. The highest BCUT2D eigenvalue weighted by Crippen LogP contribution is 2.14. The van der Waals surface area contributed by atoms with Crippen molar-refractivity contribution in [2.75, 3.05) is 13.1 Å². The van der Waals surface area contributed by atoms with Crippen molar-refractivity contribution in [3.8, 4) is 0 Å². The second-order valence-electron chi connectivity index (χ2n) is 8.85. The van der Waals surface area contributed by atoms with Gasteiger partial charge in [-0.25, -0.2) is 9.78 Å². The SMILES string of the molecule is Cn1cnc2c1c(=O)n(CCCCCCCCCCC(=O)N1CCCCC1)c(=O)n2C. The molecule has 0 unspecified atom stereocenters. The van der Waals surface area contributed by atoms with Gasteiger partial charge < -0.3 is 9.47 Å². The summed E-state index contributed by atoms with van der Waals surface area (Å²) in [6.45, 7) is 2.35. The number of aryl methyl sites for hydroxylation is 2. The van der Waals surface area contributed by atoms with E-state index in [1.54, 1.807) is 25.0 Å². The Balaban J connectivity index is 1.29. The van der Waals surface area contributed by atoms with Crippen LogP contribution in [-0.4, -0.2) is 42.6 Å². The lowest BCUT2D eigenvalue weighted by molar-refractivity contribution is -0.132. The van der Waals surface area contributed by atoms with Gasteiger partial charge in [0, 0.05) is 40.2 Å². The Labute approximate surface area is 183 Å². The van der Waals surface area contributed by atoms with Crippen molar-refractivity contribution in [2.24, 2.45) is 14.1 Å². The van der Waals surface area contributed by atoms with E-state index in [1.807, 2.05) is 4.90 Å². The molecular formula is C23H37N5O3. The number of fused-ring (bicyclic) bond motifs is 1. The van der Waals surface area contributed by atoms with Crippen molar-refractivity contribution in [1.29, 1.82) is 0 Å². The van der Waals surface area contributed by atoms with Gasteiger partial charge in [-0.15, -0.1) is 0 Å². The van der Waals surface area contributed by atoms with Crippen LogP contribution in [0, 0.1) is 0 Å². The summed E-state index contributed by atoms with van der Waals surface area (Å²) in [6.07, 6.45) is 14.4. The van der Waals surface area contributed by atoms with Gasteiger partial charge in [0.1, 0.15) is 0 Å². The number of likely N-dealkylation sites (tertiary alicyclic amines) is 1. The molecule has 0 atom stereocenters. The van der Waals surface area contributed by atoms with Gasteiger partial charge in [0.05, 0.1) is 6.33 Å². The van der Waals surface area contributed by atoms with E-state index in [0.29, 0.717) is 30.0 Å². The van der Waals surface area contributed by atoms with E-state index in [9.17, 15) is 14.4 Å². The number of piperidine rings is 1. The third-order valence-electron chi connectivity index (χ3n) is 6.43. The lowest BCUT2D eigenvalue weighted by Crippen LogP contribution is -2.39. The smallest absolute Gasteiger partial charge is 0.332 e. The Morgan fingerprint density at radius 2 is 1.52 bits per heavy atom. The molecule has 1 amide bonds. The number of carbonyl (C=O) groups is 1. The van der Waals surface area contributed by atoms with E-state index < -0.39 is 0 Å². The minimum Gasteiger partial charge on any atom is -0.343 e. The van der Waals surface area contributed by atoms with Crippen LogP contribution in [0.1, 0.15) is 77.0 Å². The van der Waals surface area contributed by atoms with Gasteiger partial charge in [-0.3, -0.25) is 18.7 Å². The molecular weight excluding hydrogens is 394 g/mol. The number of imidazole rings is 1. The third kappa shape index (κ3) is 5.86. The van der Waals surface area contributed by atoms with Gasteiger partial charge in [-0.05, 0) is 32.1 Å². The van der Waals surface area contributed by atoms with Crippen LogP contribution in [0.3, 0.4) is 0 Å². The number of hydrogen-bond acceptors (Lipinski definition) is 4. The van der Waals surface area contributed by atoms with Gasteiger partial charge in [0.25, 0.3) is 5.56 Å². The summed E-state index contributed by atoms with van der Waals surface area (Å²) < 4.78 is 4.46. The van der Waals surface area contributed by atoms with Gasteiger partial charge in [0.2, 0.25) is 5.91 Å². The van der Waals surface area contributed by atoms with Crippen LogP contribution in [0.5, 0.6) is 0 Å². The van der Waals surface area contributed by atoms with Crippen molar-refractivity contribution >= 4 is 17.1 Å². The summed E-state index contributed by atoms with van der Waals surface area (Å²) >= 11 is 0. The Morgan fingerprint density at radius 3 is 2.19 bits per heavy atom. The monoisotopic (exact) mass is 431 g/mol. The summed E-state index contributed by atoms with van der Waals surface area (Å²) in [7, 11) is 3.43. The largest absolute Gasteiger partial charge is 0.343 e. The number of hydrogen-bond donors (Lipinski definition) is 0. The number of carbonyl (C=O) groups excluding carboxylic acids is 1. The van der Waals surface area contributed by atoms with Crippen molar-refractivity contribution in [2.45, 2.75) is 83.6 Å². The standard InChI is InChI=1S/C23H37N5O3/c1-25-18-24-21-20(25)22(30)28(23(31)26(21)2)17-13-8-6-4-3-5-7-10-14-19(29)27-15-11-9-12-16-27/h18H,3-17H2,1-2H3. The zero-order valence-electron chi connectivity index (χ0n) is 19.1. The molecule has 0 bridgehead atoms. The molecule has 0 spiro atoms. The minimum atomic E-state index is -0.296. The molecule has 31 heavy (non-hydrogen) atoms. The van der Waals surface area contributed by atoms with Crippen LogP contribution in [0.4, 0.5) is 0 Å². The Bertz CT molecular complexity index is 981. The predicted octanol–water partition coefficient (Wildman–Crippen LogP) is 2.96. The summed E-state index contributed by atoms with van der Waals surface area (Å²) in [4.78, 5) is 43.5. The summed E-state index contributed by atoms with van der Waals surface area (Å²) in [5.74, 6) is 0.338. The number of aromatic nitrogens is 4. The topological polar surface area (TPSA) is 82.1 Å². The fourth-order valence-corrected chi connectivity index (χ4v) is 4.50. The van der Waals surface area contributed by atoms with Gasteiger partial charge >= 0.3 is 5.69 Å². The maximum atomic E-state index is 12.7. The molecule has 172 valence electrons. The highest BCUT2D eigenvalue weighted by atomic mass is 16.2. The molecule has 1 fully saturated rings. The van der Waals surface area contributed by atoms with Crippen molar-refractivity contribution in [1.82, 2.24) is 23.6 Å². The number of amides is 1. The van der Waals surface area contributed by atoms with E-state index in [1.165, 1.54) is 28.4 Å². The molecule has 8 heteroatoms. The van der Waals surface area contributed by atoms with E-state index in [4.69, 9.17) is 0 Å². The van der Waals surface area contributed by atoms with E-state index in [2.05, 4.69) is 4.98 Å². The first-order chi connectivity index (χ1) is 15.0. The van der Waals surface area contributed by atoms with E-state index in [-0.39, 0.29) is 11.2 Å². The van der Waals surface area contributed by atoms with Crippen molar-refractivity contribution in [3.05, 3.63) is 27.2 Å². The van der Waals surface area contributed by atoms with Gasteiger partial charge in [0.15, 0.2) is 11.2 Å². The first-order valence-corrected chi connectivity index (χ1v) is 11.9. The number of rotatable bonds is 11. The molecule has 3 heterocycles. The predicted molar refractivity (Wildman–Crippen MR) is 122 cm³/mol. The van der Waals surface area contributed by atoms with Crippen molar-refractivity contribution < 1.29 is 4.79 Å². The van der Waals surface area contributed by atoms with Crippen LogP contribution in [0.2, 0.25) is 0 Å². The highest BCUT2D eigenvalue weighted by molar-refractivity contribution is 5.76. The Kier molecular flexibility index (Phi) is 8.49. The zero-order valence-corrected chi connectivity index (χ0v) is 19.1. The van der Waals surface area contributed by atoms with Gasteiger partial charge in [-0.2, -0.15) is 0 Å². The average molecular weight is 432 g/mol. The first-order valence-electron chi connectivity index (χ1n) is 11.9. The molecule has 2 aromatic heterocycles. The normalized spacial score (nSPS) is 14.5. The maximum absolute atomic E-state index is 12.7. The molecule has 0 aliphatic carbocycles. The highest BCUT2D eigenvalue weighted by Gasteiger charge is 2.16. The summed E-state index contributed by atoms with van der Waals surface area (Å²) in [5.41, 5.74) is 0.361. The second-order valence-corrected chi connectivity index (χ2v) is 8.85. The molecule has 0 saturated carbocycles. The second kappa shape index (κ2) is 11.3. The van der Waals surface area contributed by atoms with E-state index >= 15 is 0 Å². The first kappa shape index (κ1) is 23.3. The average Bonchev–Trinajstić information content (AvgIpc) is 3.17. The number of nitrogens with zero attached hydrogens (tertiary/aromatic N) is 5. The van der Waals surface area contributed by atoms with Crippen LogP contribution >= 0.6 is 0 Å². The van der Waals surface area contributed by atoms with Gasteiger partial charge in [-0.1, -0.05) is 38.5 Å². The molecule has 0 N–H and O–H groups in total. The maximum Gasteiger partial charge on any atom is 0.332 e. The Morgan fingerprint density at radius 1 is 0.903 bits per heavy atom. The quantitative estimate of drug-likeness (QED) is 0.512. The summed E-state index contributed by atoms with van der Waals surface area (Å²) in [5, 5.41) is 0. The van der Waals surface area contributed by atoms with Crippen LogP contribution in [0.25, 0.3) is 11.2 Å². The van der Waals surface area contributed by atoms with Crippen LogP contribution in [-0.2, 0) is 25.4 Å². The lowest BCUT2D eigenvalue weighted by Gasteiger charge is -2.26. The fourth-order valence-electron chi connectivity index (χ4n) is 4.50. The van der Waals surface area contributed by atoms with Crippen LogP contribution in [0.15, 0.2) is 15.9 Å². The minimum absolute atomic E-state index is 0.253.